The Morgan fingerprint density at radius 3 is 2.33 bits per heavy atom. The first-order valence-corrected chi connectivity index (χ1v) is 1.41. The van der Waals surface area contributed by atoms with Crippen LogP contribution in [-0.2, 0) is 0 Å². The van der Waals surface area contributed by atoms with Gasteiger partial charge in [0.1, 0.15) is 4.92 Å². The molecular weight excluding hydrogens is 105 g/mol. The van der Waals surface area contributed by atoms with Gasteiger partial charge in [-0.3, -0.25) is 0 Å². The van der Waals surface area contributed by atoms with Crippen molar-refractivity contribution in [2.45, 2.75) is 0 Å². The van der Waals surface area contributed by atoms with E-state index in [2.05, 4.69) is 11.6 Å². The van der Waals surface area contributed by atoms with Crippen molar-refractivity contribution in [3.8, 4) is 11.4 Å². The van der Waals surface area contributed by atoms with E-state index in [1.54, 1.807) is 5.38 Å². The Morgan fingerprint density at radius 2 is 2.33 bits per heavy atom. The zero-order chi connectivity index (χ0) is 4.99. The second-order valence-electron chi connectivity index (χ2n) is 0.463. The lowest BCUT2D eigenvalue weighted by atomic mass is 11.2. The Labute approximate surface area is 39.1 Å². The summed E-state index contributed by atoms with van der Waals surface area (Å²) < 4.78 is 0. The molecule has 32 valence electrons. The third-order valence-corrected chi connectivity index (χ3v) is 0.218. The van der Waals surface area contributed by atoms with Crippen molar-refractivity contribution in [1.29, 1.82) is 0 Å². The number of halogens is 1. The summed E-state index contributed by atoms with van der Waals surface area (Å²) in [7, 11) is 0. The average Bonchev–Trinajstić information content (AvgIpc) is 1.35. The van der Waals surface area contributed by atoms with Gasteiger partial charge >= 0.3 is 6.04 Å². The van der Waals surface area contributed by atoms with Gasteiger partial charge in [0, 0.05) is 0 Å². The van der Waals surface area contributed by atoms with E-state index < -0.39 is 4.92 Å². The molecule has 0 bridgehead atoms. The van der Waals surface area contributed by atoms with E-state index in [0.29, 0.717) is 0 Å². The third-order valence-electron chi connectivity index (χ3n) is 0.134. The van der Waals surface area contributed by atoms with Gasteiger partial charge in [0.05, 0.1) is 5.38 Å². The van der Waals surface area contributed by atoms with Crippen LogP contribution in [0.25, 0.3) is 0 Å². The van der Waals surface area contributed by atoms with Crippen LogP contribution < -0.4 is 0 Å². The molecule has 0 aliphatic heterocycles. The van der Waals surface area contributed by atoms with Crippen LogP contribution in [0, 0.1) is 21.5 Å². The fraction of sp³-hybridized carbons (Fsp3) is 0. The molecule has 0 radical (unpaired) electrons. The standard InChI is InChI=1S/C2ClNO2/c3-1-2-4(5)6. The molecule has 0 rings (SSSR count). The van der Waals surface area contributed by atoms with Gasteiger partial charge in [0.2, 0.25) is 0 Å². The highest BCUT2D eigenvalue weighted by Crippen LogP contribution is 1.62. The average molecular weight is 105 g/mol. The molecule has 0 aliphatic rings. The van der Waals surface area contributed by atoms with Gasteiger partial charge in [-0.1, -0.05) is 0 Å². The minimum absolute atomic E-state index is 0.812. The van der Waals surface area contributed by atoms with Crippen molar-refractivity contribution in [2.75, 3.05) is 0 Å². The van der Waals surface area contributed by atoms with E-state index in [1.807, 2.05) is 0 Å². The summed E-state index contributed by atoms with van der Waals surface area (Å²) in [5.41, 5.74) is 0. The number of hydrogen-bond donors (Lipinski definition) is 0. The molecule has 0 amide bonds. The minimum Gasteiger partial charge on any atom is -0.249 e. The fourth-order valence-corrected chi connectivity index (χ4v) is 0.104. The monoisotopic (exact) mass is 105 g/mol. The maximum Gasteiger partial charge on any atom is 0.307 e. The smallest absolute Gasteiger partial charge is 0.249 e. The van der Waals surface area contributed by atoms with Gasteiger partial charge in [0.15, 0.2) is 0 Å². The zero-order valence-corrected chi connectivity index (χ0v) is 3.40. The van der Waals surface area contributed by atoms with Crippen LogP contribution in [0.5, 0.6) is 0 Å². The van der Waals surface area contributed by atoms with E-state index in [9.17, 15) is 0 Å². The summed E-state index contributed by atoms with van der Waals surface area (Å²) >= 11 is 4.59. The van der Waals surface area contributed by atoms with Gasteiger partial charge in [-0.05, 0) is 11.6 Å². The van der Waals surface area contributed by atoms with Gasteiger partial charge in [-0.2, -0.15) is 0 Å². The largest absolute Gasteiger partial charge is 0.307 e. The van der Waals surface area contributed by atoms with E-state index in [1.165, 1.54) is 6.04 Å². The Balaban J connectivity index is 3.50. The molecule has 0 fully saturated rings. The molecule has 0 spiro atoms. The summed E-state index contributed by atoms with van der Waals surface area (Å²) in [5.74, 6) is 0. The first kappa shape index (κ1) is 5.25. The van der Waals surface area contributed by atoms with Gasteiger partial charge in [-0.15, -0.1) is 0 Å². The predicted octanol–water partition coefficient (Wildman–Crippen LogP) is 0.420. The Bertz CT molecular complexity index is 110. The Kier molecular flexibility index (Phi) is 2.17. The topological polar surface area (TPSA) is 43.1 Å². The van der Waals surface area contributed by atoms with Gasteiger partial charge < -0.3 is 0 Å². The lowest BCUT2D eigenvalue weighted by Crippen LogP contribution is -1.80. The highest BCUT2D eigenvalue weighted by Gasteiger charge is 1.75. The van der Waals surface area contributed by atoms with E-state index in [-0.39, 0.29) is 0 Å². The van der Waals surface area contributed by atoms with Crippen LogP contribution in [0.2, 0.25) is 0 Å². The molecule has 0 saturated heterocycles. The van der Waals surface area contributed by atoms with Crippen LogP contribution in [0.1, 0.15) is 0 Å². The Morgan fingerprint density at radius 1 is 1.83 bits per heavy atom. The summed E-state index contributed by atoms with van der Waals surface area (Å²) in [6.45, 7) is 0. The predicted molar refractivity (Wildman–Crippen MR) is 20.6 cm³/mol. The van der Waals surface area contributed by atoms with E-state index in [0.717, 1.165) is 0 Å². The van der Waals surface area contributed by atoms with Crippen molar-refractivity contribution < 1.29 is 4.92 Å². The maximum absolute atomic E-state index is 9.15. The first-order chi connectivity index (χ1) is 2.77. The summed E-state index contributed by atoms with van der Waals surface area (Å²) in [6, 6.07) is 1.45. The number of rotatable bonds is 0. The summed E-state index contributed by atoms with van der Waals surface area (Å²) in [5, 5.41) is 10.7. The molecule has 3 nitrogen and oxygen atoms in total. The number of nitrogens with zero attached hydrogens (tertiary/aromatic N) is 1. The van der Waals surface area contributed by atoms with Crippen molar-refractivity contribution >= 4 is 11.6 Å². The molecule has 0 aromatic carbocycles. The van der Waals surface area contributed by atoms with Crippen LogP contribution in [0.15, 0.2) is 0 Å². The number of hydrogen-bond acceptors (Lipinski definition) is 2. The van der Waals surface area contributed by atoms with Gasteiger partial charge in [0.25, 0.3) is 0 Å². The van der Waals surface area contributed by atoms with Crippen LogP contribution in [-0.4, -0.2) is 4.92 Å². The second-order valence-corrected chi connectivity index (χ2v) is 0.652. The molecule has 0 saturated carbocycles. The fourth-order valence-electron chi connectivity index (χ4n) is 0.0345. The van der Waals surface area contributed by atoms with Gasteiger partial charge in [-0.25, -0.2) is 10.1 Å². The molecule has 0 atom stereocenters. The Hall–Kier alpha value is -0.750. The lowest BCUT2D eigenvalue weighted by molar-refractivity contribution is -0.379. The molecular formula is C2ClNO2. The molecule has 0 aromatic heterocycles. The molecule has 0 aromatic rings. The quantitative estimate of drug-likeness (QED) is 0.194. The van der Waals surface area contributed by atoms with Crippen molar-refractivity contribution in [2.24, 2.45) is 0 Å². The highest BCUT2D eigenvalue weighted by molar-refractivity contribution is 6.30. The summed E-state index contributed by atoms with van der Waals surface area (Å²) in [6.07, 6.45) is 0. The highest BCUT2D eigenvalue weighted by atomic mass is 35.5. The molecule has 0 unspecified atom stereocenters. The maximum atomic E-state index is 9.15. The van der Waals surface area contributed by atoms with Crippen molar-refractivity contribution in [3.05, 3.63) is 10.1 Å². The van der Waals surface area contributed by atoms with E-state index in [4.69, 9.17) is 10.1 Å². The summed E-state index contributed by atoms with van der Waals surface area (Å²) in [4.78, 5) is 8.33. The number of nitro groups is 1. The SMILES string of the molecule is O=[N+]([O-])C#CCl. The molecule has 4 heteroatoms. The van der Waals surface area contributed by atoms with Crippen LogP contribution in [0.3, 0.4) is 0 Å². The van der Waals surface area contributed by atoms with Crippen LogP contribution in [0.4, 0.5) is 0 Å². The van der Waals surface area contributed by atoms with Crippen molar-refractivity contribution in [1.82, 2.24) is 0 Å². The first-order valence-electron chi connectivity index (χ1n) is 1.03. The molecule has 6 heavy (non-hydrogen) atoms. The van der Waals surface area contributed by atoms with Crippen LogP contribution >= 0.6 is 11.6 Å². The molecule has 0 heterocycles. The normalized spacial score (nSPS) is 5.50. The lowest BCUT2D eigenvalue weighted by Gasteiger charge is -1.61. The minimum atomic E-state index is -0.812. The van der Waals surface area contributed by atoms with Crippen molar-refractivity contribution in [3.63, 3.8) is 0 Å². The van der Waals surface area contributed by atoms with E-state index >= 15 is 0 Å². The zero-order valence-electron chi connectivity index (χ0n) is 2.64. The third kappa shape index (κ3) is 3.25. The molecule has 0 N–H and O–H groups in total. The second kappa shape index (κ2) is 2.49. The molecule has 0 aliphatic carbocycles.